The molecule has 4 aromatic heterocycles. The first-order chi connectivity index (χ1) is 17.0. The lowest BCUT2D eigenvalue weighted by Gasteiger charge is -2.17. The van der Waals surface area contributed by atoms with Crippen LogP contribution >= 0.6 is 0 Å². The van der Waals surface area contributed by atoms with Gasteiger partial charge in [0, 0.05) is 51.7 Å². The molecule has 0 atom stereocenters. The van der Waals surface area contributed by atoms with Gasteiger partial charge < -0.3 is 9.55 Å². The smallest absolute Gasteiger partial charge is 0.332 e. The van der Waals surface area contributed by atoms with E-state index in [1.54, 1.807) is 43.2 Å². The van der Waals surface area contributed by atoms with E-state index < -0.39 is 22.5 Å². The summed E-state index contributed by atoms with van der Waals surface area (Å²) in [6, 6.07) is 9.45. The molecule has 0 saturated heterocycles. The lowest BCUT2D eigenvalue weighted by atomic mass is 9.96. The van der Waals surface area contributed by atoms with Crippen LogP contribution in [0.5, 0.6) is 0 Å². The predicted octanol–water partition coefficient (Wildman–Crippen LogP) is 1.70. The zero-order chi connectivity index (χ0) is 26.0. The van der Waals surface area contributed by atoms with Gasteiger partial charge in [0.25, 0.3) is 11.1 Å². The monoisotopic (exact) mass is 486 g/mol. The lowest BCUT2D eigenvalue weighted by molar-refractivity contribution is 0.668. The summed E-state index contributed by atoms with van der Waals surface area (Å²) < 4.78 is 6.46. The molecule has 4 heterocycles. The van der Waals surface area contributed by atoms with Crippen molar-refractivity contribution < 1.29 is 0 Å². The highest BCUT2D eigenvalue weighted by Crippen LogP contribution is 2.38. The van der Waals surface area contributed by atoms with Crippen molar-refractivity contribution in [3.8, 4) is 28.2 Å². The SMILES string of the molecule is Cc1ccc(-c2[nH]c3c(c2-c2c(-n4cccc4)n(C)c(=O)n(C)c2=O)c(=O)n(C)c(=O)n3C)c(C)c1. The summed E-state index contributed by atoms with van der Waals surface area (Å²) in [6.45, 7) is 3.93. The van der Waals surface area contributed by atoms with Crippen LogP contribution in [0.4, 0.5) is 0 Å². The maximum atomic E-state index is 13.8. The number of hydrogen-bond donors (Lipinski definition) is 1. The Hall–Kier alpha value is -4.60. The third-order valence-electron chi connectivity index (χ3n) is 6.79. The summed E-state index contributed by atoms with van der Waals surface area (Å²) >= 11 is 0. The Morgan fingerprint density at radius 1 is 0.722 bits per heavy atom. The second-order valence-corrected chi connectivity index (χ2v) is 9.12. The Bertz CT molecular complexity index is 1930. The lowest BCUT2D eigenvalue weighted by Crippen LogP contribution is -2.40. The van der Waals surface area contributed by atoms with Gasteiger partial charge in [0.15, 0.2) is 0 Å². The zero-order valence-electron chi connectivity index (χ0n) is 20.9. The molecule has 10 heteroatoms. The number of nitrogens with zero attached hydrogens (tertiary/aromatic N) is 5. The van der Waals surface area contributed by atoms with Crippen LogP contribution in [-0.2, 0) is 28.2 Å². The number of hydrogen-bond acceptors (Lipinski definition) is 4. The van der Waals surface area contributed by atoms with Gasteiger partial charge in [-0.1, -0.05) is 23.8 Å². The van der Waals surface area contributed by atoms with Gasteiger partial charge in [-0.05, 0) is 31.5 Å². The van der Waals surface area contributed by atoms with Gasteiger partial charge in [-0.3, -0.25) is 27.9 Å². The van der Waals surface area contributed by atoms with E-state index in [-0.39, 0.29) is 10.9 Å². The van der Waals surface area contributed by atoms with Crippen molar-refractivity contribution in [3.63, 3.8) is 0 Å². The molecular weight excluding hydrogens is 460 g/mol. The van der Waals surface area contributed by atoms with E-state index in [1.807, 2.05) is 32.0 Å². The van der Waals surface area contributed by atoms with E-state index in [0.717, 1.165) is 25.8 Å². The molecule has 1 aromatic carbocycles. The second-order valence-electron chi connectivity index (χ2n) is 9.12. The molecule has 0 bridgehead atoms. The van der Waals surface area contributed by atoms with Crippen molar-refractivity contribution in [2.45, 2.75) is 13.8 Å². The van der Waals surface area contributed by atoms with E-state index in [1.165, 1.54) is 23.2 Å². The van der Waals surface area contributed by atoms with Crippen molar-refractivity contribution in [1.82, 2.24) is 27.8 Å². The maximum absolute atomic E-state index is 13.8. The first-order valence-corrected chi connectivity index (χ1v) is 11.4. The quantitative estimate of drug-likeness (QED) is 0.419. The molecular formula is C26H26N6O4. The molecule has 0 radical (unpaired) electrons. The summed E-state index contributed by atoms with van der Waals surface area (Å²) in [4.78, 5) is 56.4. The van der Waals surface area contributed by atoms with E-state index in [4.69, 9.17) is 0 Å². The molecule has 0 aliphatic carbocycles. The highest BCUT2D eigenvalue weighted by molar-refractivity contribution is 6.03. The number of fused-ring (bicyclic) bond motifs is 1. The molecule has 0 saturated carbocycles. The van der Waals surface area contributed by atoms with Crippen LogP contribution in [-0.4, -0.2) is 27.8 Å². The zero-order valence-corrected chi connectivity index (χ0v) is 20.9. The van der Waals surface area contributed by atoms with Gasteiger partial charge in [-0.25, -0.2) is 9.59 Å². The minimum Gasteiger partial charge on any atom is -0.340 e. The molecule has 0 aliphatic rings. The molecule has 0 unspecified atom stereocenters. The molecule has 184 valence electrons. The van der Waals surface area contributed by atoms with E-state index in [9.17, 15) is 19.2 Å². The van der Waals surface area contributed by atoms with E-state index in [0.29, 0.717) is 22.7 Å². The van der Waals surface area contributed by atoms with E-state index >= 15 is 0 Å². The number of aromatic amines is 1. The van der Waals surface area contributed by atoms with Crippen molar-refractivity contribution in [1.29, 1.82) is 0 Å². The van der Waals surface area contributed by atoms with Crippen LogP contribution < -0.4 is 22.5 Å². The standard InChI is InChI=1S/C26H26N6O4/c1-14-9-10-16(15(2)13-14)20-17(18-21(27-20)28(3)25(35)30(5)23(18)33)19-22(32-11-7-8-12-32)29(4)26(36)31(6)24(19)34/h7-13,27H,1-6H3. The molecule has 0 aliphatic heterocycles. The van der Waals surface area contributed by atoms with Crippen molar-refractivity contribution in [2.75, 3.05) is 0 Å². The highest BCUT2D eigenvalue weighted by Gasteiger charge is 2.28. The van der Waals surface area contributed by atoms with Crippen LogP contribution in [0.25, 0.3) is 39.2 Å². The number of aromatic nitrogens is 6. The molecule has 0 spiro atoms. The van der Waals surface area contributed by atoms with Gasteiger partial charge >= 0.3 is 11.4 Å². The fourth-order valence-electron chi connectivity index (χ4n) is 4.90. The average Bonchev–Trinajstić information content (AvgIpc) is 3.51. The van der Waals surface area contributed by atoms with Crippen molar-refractivity contribution >= 4 is 11.0 Å². The second kappa shape index (κ2) is 7.98. The highest BCUT2D eigenvalue weighted by atomic mass is 16.2. The molecule has 0 amide bonds. The molecule has 5 rings (SSSR count). The van der Waals surface area contributed by atoms with Gasteiger partial charge in [0.05, 0.1) is 16.6 Å². The van der Waals surface area contributed by atoms with Crippen LogP contribution in [0.1, 0.15) is 11.1 Å². The summed E-state index contributed by atoms with van der Waals surface area (Å²) in [5, 5.41) is 0.193. The Balaban J connectivity index is 2.12. The summed E-state index contributed by atoms with van der Waals surface area (Å²) in [7, 11) is 5.97. The number of rotatable bonds is 3. The third-order valence-corrected chi connectivity index (χ3v) is 6.79. The normalized spacial score (nSPS) is 11.5. The first kappa shape index (κ1) is 23.2. The van der Waals surface area contributed by atoms with Crippen LogP contribution in [0.3, 0.4) is 0 Å². The minimum absolute atomic E-state index is 0.174. The molecule has 5 aromatic rings. The van der Waals surface area contributed by atoms with Crippen LogP contribution in [0.15, 0.2) is 61.9 Å². The number of benzene rings is 1. The first-order valence-electron chi connectivity index (χ1n) is 11.4. The summed E-state index contributed by atoms with van der Waals surface area (Å²) in [6.07, 6.45) is 3.47. The molecule has 1 N–H and O–H groups in total. The Morgan fingerprint density at radius 2 is 1.33 bits per heavy atom. The van der Waals surface area contributed by atoms with Gasteiger partial charge in [0.1, 0.15) is 11.5 Å². The fourth-order valence-corrected chi connectivity index (χ4v) is 4.90. The van der Waals surface area contributed by atoms with Crippen molar-refractivity contribution in [2.24, 2.45) is 28.2 Å². The van der Waals surface area contributed by atoms with Gasteiger partial charge in [-0.15, -0.1) is 0 Å². The third kappa shape index (κ3) is 3.10. The van der Waals surface area contributed by atoms with Crippen LogP contribution in [0, 0.1) is 13.8 Å². The molecule has 10 nitrogen and oxygen atoms in total. The van der Waals surface area contributed by atoms with Crippen LogP contribution in [0.2, 0.25) is 0 Å². The Morgan fingerprint density at radius 3 is 1.97 bits per heavy atom. The van der Waals surface area contributed by atoms with Gasteiger partial charge in [0.2, 0.25) is 0 Å². The Kier molecular flexibility index (Phi) is 5.13. The van der Waals surface area contributed by atoms with Gasteiger partial charge in [-0.2, -0.15) is 0 Å². The Labute approximate surface area is 204 Å². The molecule has 36 heavy (non-hydrogen) atoms. The maximum Gasteiger partial charge on any atom is 0.332 e. The fraction of sp³-hybridized carbons (Fsp3) is 0.231. The topological polar surface area (TPSA) is 109 Å². The predicted molar refractivity (Wildman–Crippen MR) is 139 cm³/mol. The summed E-state index contributed by atoms with van der Waals surface area (Å²) in [5.74, 6) is 0.316. The van der Waals surface area contributed by atoms with Crippen molar-refractivity contribution in [3.05, 3.63) is 95.5 Å². The average molecular weight is 487 g/mol. The summed E-state index contributed by atoms with van der Waals surface area (Å²) in [5.41, 5.74) is 2.00. The number of H-pyrrole nitrogens is 1. The number of nitrogens with one attached hydrogen (secondary N) is 1. The number of aryl methyl sites for hydroxylation is 3. The minimum atomic E-state index is -0.551. The molecule has 0 fully saturated rings. The largest absolute Gasteiger partial charge is 0.340 e. The van der Waals surface area contributed by atoms with E-state index in [2.05, 4.69) is 4.98 Å².